The van der Waals surface area contributed by atoms with Crippen LogP contribution < -0.4 is 10.1 Å². The molecule has 3 rings (SSSR count). The summed E-state index contributed by atoms with van der Waals surface area (Å²) in [7, 11) is 2.54. The van der Waals surface area contributed by atoms with Gasteiger partial charge >= 0.3 is 24.0 Å². The van der Waals surface area contributed by atoms with Crippen LogP contribution in [0.25, 0.3) is 5.57 Å². The molecule has 1 heterocycles. The lowest BCUT2D eigenvalue weighted by Gasteiger charge is -2.28. The van der Waals surface area contributed by atoms with Crippen LogP contribution in [0.2, 0.25) is 0 Å². The number of thioether (sulfide) groups is 1. The molecule has 0 bridgehead atoms. The Labute approximate surface area is 300 Å². The first-order chi connectivity index (χ1) is 23.8. The molecule has 1 fully saturated rings. The van der Waals surface area contributed by atoms with E-state index in [4.69, 9.17) is 31.2 Å². The summed E-state index contributed by atoms with van der Waals surface area (Å²) in [4.78, 5) is 79.0. The van der Waals surface area contributed by atoms with Crippen molar-refractivity contribution in [2.24, 2.45) is 5.92 Å². The Kier molecular flexibility index (Phi) is 15.0. The van der Waals surface area contributed by atoms with Crippen molar-refractivity contribution < 1.29 is 47.7 Å². The van der Waals surface area contributed by atoms with Gasteiger partial charge in [-0.2, -0.15) is 0 Å². The smallest absolute Gasteiger partial charge is 0.413 e. The van der Waals surface area contributed by atoms with Crippen LogP contribution in [0.5, 0.6) is 5.75 Å². The van der Waals surface area contributed by atoms with Gasteiger partial charge in [-0.05, 0) is 67.2 Å². The average Bonchev–Trinajstić information content (AvgIpc) is 3.37. The maximum absolute atomic E-state index is 13.9. The molecule has 0 aliphatic carbocycles. The molecule has 15 heteroatoms. The predicted octanol–water partition coefficient (Wildman–Crippen LogP) is 4.72. The molecule has 13 nitrogen and oxygen atoms in total. The molecular weight excluding hydrogens is 687 g/mol. The number of nitrogens with one attached hydrogen (secondary N) is 1. The zero-order valence-corrected chi connectivity index (χ0v) is 30.4. The van der Waals surface area contributed by atoms with E-state index < -0.39 is 41.9 Å². The van der Waals surface area contributed by atoms with Crippen molar-refractivity contribution in [3.8, 4) is 5.75 Å². The molecule has 3 amide bonds. The summed E-state index contributed by atoms with van der Waals surface area (Å²) in [6.07, 6.45) is -0.680. The molecule has 2 aromatic rings. The maximum atomic E-state index is 13.9. The summed E-state index contributed by atoms with van der Waals surface area (Å²) in [5.74, 6) is -2.29. The number of methoxy groups -OCH3 is 2. The monoisotopic (exact) mass is 727 g/mol. The summed E-state index contributed by atoms with van der Waals surface area (Å²) in [6, 6.07) is 12.0. The highest BCUT2D eigenvalue weighted by molar-refractivity contribution is 8.26. The van der Waals surface area contributed by atoms with E-state index in [0.717, 1.165) is 11.8 Å². The van der Waals surface area contributed by atoms with Crippen LogP contribution in [0.1, 0.15) is 62.0 Å². The quantitative estimate of drug-likeness (QED) is 0.117. The summed E-state index contributed by atoms with van der Waals surface area (Å²) < 4.78 is 20.3. The lowest BCUT2D eigenvalue weighted by atomic mass is 10.0. The number of hydrogen-bond donors (Lipinski definition) is 1. The molecule has 1 aliphatic rings. The van der Waals surface area contributed by atoms with Gasteiger partial charge in [-0.3, -0.25) is 24.1 Å². The largest absolute Gasteiger partial charge is 0.469 e. The number of esters is 3. The molecule has 50 heavy (non-hydrogen) atoms. The number of ether oxygens (including phenoxy) is 4. The van der Waals surface area contributed by atoms with Crippen LogP contribution in [0.4, 0.5) is 4.79 Å². The zero-order chi connectivity index (χ0) is 37.0. The van der Waals surface area contributed by atoms with Crippen LogP contribution in [-0.2, 0) is 39.9 Å². The first-order valence-corrected chi connectivity index (χ1v) is 17.0. The molecular formula is C35H41N3O10S2. The first kappa shape index (κ1) is 39.7. The number of thiocarbonyl (C=S) groups is 1. The Hall–Kier alpha value is -4.76. The molecule has 0 saturated carbocycles. The Morgan fingerprint density at radius 2 is 1.68 bits per heavy atom. The van der Waals surface area contributed by atoms with E-state index in [0.29, 0.717) is 27.2 Å². The van der Waals surface area contributed by atoms with E-state index in [1.54, 1.807) is 62.4 Å². The number of nitrogens with zero attached hydrogens (tertiary/aromatic N) is 2. The Morgan fingerprint density at radius 3 is 2.30 bits per heavy atom. The molecule has 0 unspecified atom stereocenters. The van der Waals surface area contributed by atoms with Crippen molar-refractivity contribution in [1.82, 2.24) is 15.1 Å². The fourth-order valence-electron chi connectivity index (χ4n) is 4.90. The lowest BCUT2D eigenvalue weighted by Crippen LogP contribution is -2.50. The minimum absolute atomic E-state index is 0.000398. The van der Waals surface area contributed by atoms with E-state index in [1.165, 1.54) is 24.0 Å². The zero-order valence-electron chi connectivity index (χ0n) is 28.8. The van der Waals surface area contributed by atoms with Gasteiger partial charge in [0.1, 0.15) is 22.7 Å². The standard InChI is InChI=1S/C35H41N3O10S2/c1-7-47-29(40)20-38-32(42)30(50-35(38)49)22(4)25-9-8-10-26(18-25)48-34(44)36-27(17-21(2)3)31(41)37(16-15-28(39)45-5)19-23-11-13-24(14-12-23)33(43)46-6/h8-14,18,21,27H,7,15-17,19-20H2,1-6H3,(H,36,44)/b30-22-/t27-/m0/s1. The molecule has 0 spiro atoms. The number of hydrogen-bond acceptors (Lipinski definition) is 12. The highest BCUT2D eigenvalue weighted by Crippen LogP contribution is 2.37. The number of benzene rings is 2. The minimum Gasteiger partial charge on any atom is -0.469 e. The summed E-state index contributed by atoms with van der Waals surface area (Å²) in [6.45, 7) is 7.19. The van der Waals surface area contributed by atoms with E-state index >= 15 is 0 Å². The number of carbonyl (C=O) groups is 6. The lowest BCUT2D eigenvalue weighted by molar-refractivity contribution is -0.145. The van der Waals surface area contributed by atoms with Gasteiger partial charge in [-0.1, -0.05) is 62.1 Å². The van der Waals surface area contributed by atoms with Crippen LogP contribution in [-0.4, -0.2) is 89.9 Å². The van der Waals surface area contributed by atoms with Crippen molar-refractivity contribution in [3.05, 3.63) is 70.1 Å². The number of rotatable bonds is 15. The summed E-state index contributed by atoms with van der Waals surface area (Å²) in [5.41, 5.74) is 2.17. The Bertz CT molecular complexity index is 1640. The fraction of sp³-hybridized carbons (Fsp3) is 0.400. The van der Waals surface area contributed by atoms with Gasteiger partial charge in [0, 0.05) is 13.1 Å². The third-order valence-corrected chi connectivity index (χ3v) is 8.98. The highest BCUT2D eigenvalue weighted by Gasteiger charge is 2.35. The normalized spacial score (nSPS) is 14.2. The van der Waals surface area contributed by atoms with Crippen molar-refractivity contribution >= 4 is 69.7 Å². The van der Waals surface area contributed by atoms with Gasteiger partial charge in [0.25, 0.3) is 5.91 Å². The summed E-state index contributed by atoms with van der Waals surface area (Å²) in [5, 5.41) is 2.68. The SMILES string of the molecule is CCOC(=O)CN1C(=O)/C(=C(\C)c2cccc(OC(=O)N[C@@H](CC(C)C)C(=O)N(CCC(=O)OC)Cc3ccc(C(=O)OC)cc3)c2)SC1=S. The van der Waals surface area contributed by atoms with E-state index in [1.807, 2.05) is 13.8 Å². The van der Waals surface area contributed by atoms with Crippen molar-refractivity contribution in [2.45, 2.75) is 53.1 Å². The molecule has 0 aromatic heterocycles. The molecule has 1 atom stereocenters. The molecule has 1 saturated heterocycles. The van der Waals surface area contributed by atoms with Crippen LogP contribution >= 0.6 is 24.0 Å². The van der Waals surface area contributed by atoms with Gasteiger partial charge in [0.2, 0.25) is 5.91 Å². The predicted molar refractivity (Wildman–Crippen MR) is 190 cm³/mol. The fourth-order valence-corrected chi connectivity index (χ4v) is 6.19. The molecule has 0 radical (unpaired) electrons. The minimum atomic E-state index is -1.000. The van der Waals surface area contributed by atoms with E-state index in [-0.39, 0.29) is 55.1 Å². The second kappa shape index (κ2) is 18.9. The van der Waals surface area contributed by atoms with Gasteiger partial charge < -0.3 is 29.2 Å². The van der Waals surface area contributed by atoms with Crippen LogP contribution in [0.3, 0.4) is 0 Å². The topological polar surface area (TPSA) is 158 Å². The van der Waals surface area contributed by atoms with Gasteiger partial charge in [-0.25, -0.2) is 9.59 Å². The van der Waals surface area contributed by atoms with Crippen molar-refractivity contribution in [2.75, 3.05) is 33.9 Å². The third-order valence-electron chi connectivity index (χ3n) is 7.43. The molecule has 268 valence electrons. The Morgan fingerprint density at radius 1 is 0.980 bits per heavy atom. The van der Waals surface area contributed by atoms with Gasteiger partial charge in [0.15, 0.2) is 0 Å². The van der Waals surface area contributed by atoms with Crippen molar-refractivity contribution in [3.63, 3.8) is 0 Å². The second-order valence-electron chi connectivity index (χ2n) is 11.5. The van der Waals surface area contributed by atoms with Gasteiger partial charge in [-0.15, -0.1) is 0 Å². The first-order valence-electron chi connectivity index (χ1n) is 15.8. The highest BCUT2D eigenvalue weighted by atomic mass is 32.2. The second-order valence-corrected chi connectivity index (χ2v) is 13.2. The van der Waals surface area contributed by atoms with Crippen LogP contribution in [0.15, 0.2) is 53.4 Å². The Balaban J connectivity index is 1.78. The number of amides is 3. The van der Waals surface area contributed by atoms with Gasteiger partial charge in [0.05, 0.1) is 37.7 Å². The molecule has 2 aromatic carbocycles. The number of carbonyl (C=O) groups excluding carboxylic acids is 6. The summed E-state index contributed by atoms with van der Waals surface area (Å²) >= 11 is 6.39. The van der Waals surface area contributed by atoms with E-state index in [2.05, 4.69) is 5.32 Å². The molecule has 1 N–H and O–H groups in total. The molecule has 1 aliphatic heterocycles. The number of allylic oxidation sites excluding steroid dienone is 1. The van der Waals surface area contributed by atoms with Crippen molar-refractivity contribution in [1.29, 1.82) is 0 Å². The van der Waals surface area contributed by atoms with Crippen LogP contribution in [0, 0.1) is 5.92 Å². The van der Waals surface area contributed by atoms with E-state index in [9.17, 15) is 28.8 Å². The third kappa shape index (κ3) is 11.1. The maximum Gasteiger partial charge on any atom is 0.413 e. The average molecular weight is 728 g/mol.